The maximum Gasteiger partial charge on any atom is 0.231 e. The van der Waals surface area contributed by atoms with Crippen LogP contribution in [-0.4, -0.2) is 23.2 Å². The van der Waals surface area contributed by atoms with Gasteiger partial charge >= 0.3 is 0 Å². The molecule has 0 bridgehead atoms. The normalized spacial score (nSPS) is 29.5. The van der Waals surface area contributed by atoms with E-state index in [1.807, 2.05) is 0 Å². The van der Waals surface area contributed by atoms with Crippen LogP contribution < -0.4 is 5.32 Å². The molecule has 2 fully saturated rings. The molecule has 0 spiro atoms. The van der Waals surface area contributed by atoms with Gasteiger partial charge in [-0.1, -0.05) is 37.3 Å². The van der Waals surface area contributed by atoms with Crippen LogP contribution in [-0.2, 0) is 0 Å². The summed E-state index contributed by atoms with van der Waals surface area (Å²) in [7, 11) is 2.05. The highest BCUT2D eigenvalue weighted by atomic mass is 16.5. The summed E-state index contributed by atoms with van der Waals surface area (Å²) in [6.07, 6.45) is 11.4. The van der Waals surface area contributed by atoms with Crippen LogP contribution in [0.15, 0.2) is 4.52 Å². The summed E-state index contributed by atoms with van der Waals surface area (Å²) in [6.45, 7) is 0. The fourth-order valence-electron chi connectivity index (χ4n) is 3.70. The highest BCUT2D eigenvalue weighted by molar-refractivity contribution is 5.04. The monoisotopic (exact) mass is 263 g/mol. The Labute approximate surface area is 115 Å². The average molecular weight is 263 g/mol. The number of hydrogen-bond donors (Lipinski definition) is 1. The van der Waals surface area contributed by atoms with Gasteiger partial charge in [-0.2, -0.15) is 4.98 Å². The van der Waals surface area contributed by atoms with E-state index in [1.165, 1.54) is 57.8 Å². The van der Waals surface area contributed by atoms with Crippen molar-refractivity contribution in [2.45, 2.75) is 75.7 Å². The molecule has 2 saturated carbocycles. The highest BCUT2D eigenvalue weighted by Gasteiger charge is 2.30. The van der Waals surface area contributed by atoms with Gasteiger partial charge < -0.3 is 9.84 Å². The van der Waals surface area contributed by atoms with Crippen molar-refractivity contribution in [2.24, 2.45) is 0 Å². The molecule has 0 saturated heterocycles. The Morgan fingerprint density at radius 1 is 1.00 bits per heavy atom. The summed E-state index contributed by atoms with van der Waals surface area (Å²) < 4.78 is 5.60. The second kappa shape index (κ2) is 6.04. The van der Waals surface area contributed by atoms with Crippen molar-refractivity contribution in [1.29, 1.82) is 0 Å². The lowest BCUT2D eigenvalue weighted by molar-refractivity contribution is 0.308. The number of likely N-dealkylation sites (N-methyl/N-ethyl adjacent to an activating group) is 1. The minimum absolute atomic E-state index is 0.412. The van der Waals surface area contributed by atoms with Crippen molar-refractivity contribution >= 4 is 0 Å². The molecule has 1 N–H and O–H groups in total. The second-order valence-electron chi connectivity index (χ2n) is 6.11. The number of aromatic nitrogens is 2. The molecule has 2 aliphatic carbocycles. The Kier molecular flexibility index (Phi) is 4.16. The highest BCUT2D eigenvalue weighted by Crippen LogP contribution is 2.35. The molecular weight excluding hydrogens is 238 g/mol. The number of hydrogen-bond acceptors (Lipinski definition) is 4. The first-order valence-corrected chi connectivity index (χ1v) is 7.89. The van der Waals surface area contributed by atoms with Crippen molar-refractivity contribution in [3.8, 4) is 0 Å². The Morgan fingerprint density at radius 3 is 2.53 bits per heavy atom. The predicted molar refractivity (Wildman–Crippen MR) is 74.2 cm³/mol. The number of rotatable bonds is 3. The fourth-order valence-corrected chi connectivity index (χ4v) is 3.70. The SMILES string of the molecule is CNC1CCCCCC1c1nc(C2CCCC2)no1. The van der Waals surface area contributed by atoms with Crippen LogP contribution in [0.5, 0.6) is 0 Å². The molecule has 4 heteroatoms. The first-order chi connectivity index (χ1) is 9.38. The molecule has 1 aromatic rings. The van der Waals surface area contributed by atoms with E-state index < -0.39 is 0 Å². The lowest BCUT2D eigenvalue weighted by Crippen LogP contribution is -2.31. The van der Waals surface area contributed by atoms with Gasteiger partial charge in [0.15, 0.2) is 5.82 Å². The van der Waals surface area contributed by atoms with Crippen molar-refractivity contribution in [3.63, 3.8) is 0 Å². The summed E-state index contributed by atoms with van der Waals surface area (Å²) >= 11 is 0. The Bertz CT molecular complexity index is 398. The van der Waals surface area contributed by atoms with Gasteiger partial charge in [0.05, 0.1) is 5.92 Å². The molecule has 106 valence electrons. The van der Waals surface area contributed by atoms with Gasteiger partial charge in [0.25, 0.3) is 0 Å². The van der Waals surface area contributed by atoms with E-state index in [-0.39, 0.29) is 0 Å². The second-order valence-corrected chi connectivity index (χ2v) is 6.11. The average Bonchev–Trinajstić information content (AvgIpc) is 3.05. The molecule has 3 rings (SSSR count). The van der Waals surface area contributed by atoms with E-state index in [1.54, 1.807) is 0 Å². The van der Waals surface area contributed by atoms with E-state index in [0.717, 1.165) is 11.7 Å². The first-order valence-electron chi connectivity index (χ1n) is 7.89. The maximum absolute atomic E-state index is 5.60. The van der Waals surface area contributed by atoms with Gasteiger partial charge in [-0.15, -0.1) is 0 Å². The quantitative estimate of drug-likeness (QED) is 0.850. The van der Waals surface area contributed by atoms with Crippen LogP contribution in [0.25, 0.3) is 0 Å². The number of nitrogens with zero attached hydrogens (tertiary/aromatic N) is 2. The maximum atomic E-state index is 5.60. The summed E-state index contributed by atoms with van der Waals surface area (Å²) in [5.74, 6) is 2.81. The van der Waals surface area contributed by atoms with Gasteiger partial charge in [0.2, 0.25) is 5.89 Å². The third-order valence-corrected chi connectivity index (χ3v) is 4.88. The van der Waals surface area contributed by atoms with E-state index in [2.05, 4.69) is 17.5 Å². The lowest BCUT2D eigenvalue weighted by atomic mass is 9.94. The fraction of sp³-hybridized carbons (Fsp3) is 0.867. The molecule has 4 nitrogen and oxygen atoms in total. The van der Waals surface area contributed by atoms with Crippen LogP contribution in [0.3, 0.4) is 0 Å². The van der Waals surface area contributed by atoms with Crippen LogP contribution >= 0.6 is 0 Å². The standard InChI is InChI=1S/C15H25N3O/c1-16-13-10-4-2-3-9-12(13)15-17-14(18-19-15)11-7-5-6-8-11/h11-13,16H,2-10H2,1H3. The zero-order chi connectivity index (χ0) is 13.1. The van der Waals surface area contributed by atoms with Gasteiger partial charge in [-0.25, -0.2) is 0 Å². The molecule has 2 unspecified atom stereocenters. The molecule has 0 radical (unpaired) electrons. The number of nitrogens with one attached hydrogen (secondary N) is 1. The van der Waals surface area contributed by atoms with Crippen molar-refractivity contribution < 1.29 is 4.52 Å². The molecule has 0 aliphatic heterocycles. The third kappa shape index (κ3) is 2.83. The van der Waals surface area contributed by atoms with Gasteiger partial charge in [-0.05, 0) is 32.7 Å². The van der Waals surface area contributed by atoms with Crippen LogP contribution in [0, 0.1) is 0 Å². The molecule has 1 aromatic heterocycles. The van der Waals surface area contributed by atoms with Crippen molar-refractivity contribution in [1.82, 2.24) is 15.5 Å². The zero-order valence-corrected chi connectivity index (χ0v) is 11.9. The van der Waals surface area contributed by atoms with E-state index >= 15 is 0 Å². The molecule has 19 heavy (non-hydrogen) atoms. The molecule has 2 atom stereocenters. The van der Waals surface area contributed by atoms with Crippen LogP contribution in [0.4, 0.5) is 0 Å². The van der Waals surface area contributed by atoms with Crippen molar-refractivity contribution in [2.75, 3.05) is 7.05 Å². The van der Waals surface area contributed by atoms with Crippen LogP contribution in [0.2, 0.25) is 0 Å². The van der Waals surface area contributed by atoms with Gasteiger partial charge in [0, 0.05) is 12.0 Å². The minimum atomic E-state index is 0.412. The minimum Gasteiger partial charge on any atom is -0.339 e. The first kappa shape index (κ1) is 13.1. The van der Waals surface area contributed by atoms with Gasteiger partial charge in [-0.3, -0.25) is 0 Å². The Balaban J connectivity index is 1.75. The summed E-state index contributed by atoms with van der Waals surface area (Å²) in [6, 6.07) is 0.499. The summed E-state index contributed by atoms with van der Waals surface area (Å²) in [5, 5.41) is 7.70. The Morgan fingerprint density at radius 2 is 1.74 bits per heavy atom. The third-order valence-electron chi connectivity index (χ3n) is 4.88. The molecular formula is C15H25N3O. The van der Waals surface area contributed by atoms with E-state index in [9.17, 15) is 0 Å². The smallest absolute Gasteiger partial charge is 0.231 e. The van der Waals surface area contributed by atoms with E-state index in [4.69, 9.17) is 9.51 Å². The molecule has 0 amide bonds. The summed E-state index contributed by atoms with van der Waals surface area (Å²) in [5.41, 5.74) is 0. The zero-order valence-electron chi connectivity index (χ0n) is 11.9. The lowest BCUT2D eigenvalue weighted by Gasteiger charge is -2.21. The van der Waals surface area contributed by atoms with Crippen molar-refractivity contribution in [3.05, 3.63) is 11.7 Å². The molecule has 2 aliphatic rings. The topological polar surface area (TPSA) is 51.0 Å². The van der Waals surface area contributed by atoms with E-state index in [0.29, 0.717) is 17.9 Å². The largest absolute Gasteiger partial charge is 0.339 e. The Hall–Kier alpha value is -0.900. The van der Waals surface area contributed by atoms with Gasteiger partial charge in [0.1, 0.15) is 0 Å². The molecule has 1 heterocycles. The summed E-state index contributed by atoms with van der Waals surface area (Å²) in [4.78, 5) is 4.74. The molecule has 0 aromatic carbocycles. The predicted octanol–water partition coefficient (Wildman–Crippen LogP) is 3.36. The van der Waals surface area contributed by atoms with Crippen LogP contribution in [0.1, 0.15) is 81.3 Å².